The Morgan fingerprint density at radius 1 is 1.37 bits per heavy atom. The summed E-state index contributed by atoms with van der Waals surface area (Å²) in [5.41, 5.74) is 5.15. The third-order valence-electron chi connectivity index (χ3n) is 3.21. The van der Waals surface area contributed by atoms with E-state index in [1.54, 1.807) is 0 Å². The first kappa shape index (κ1) is 15.7. The molecule has 7 nitrogen and oxygen atoms in total. The first-order valence-corrected chi connectivity index (χ1v) is 7.48. The number of furan rings is 1. The molecule has 0 aliphatic rings. The van der Waals surface area contributed by atoms with Crippen LogP contribution in [0.2, 0.25) is 0 Å². The number of carbonyl (C=O) groups is 1. The highest BCUT2D eigenvalue weighted by molar-refractivity contribution is 7.89. The zero-order valence-corrected chi connectivity index (χ0v) is 11.8. The second-order valence-electron chi connectivity index (χ2n) is 4.31. The maximum absolute atomic E-state index is 12.0. The van der Waals surface area contributed by atoms with Crippen LogP contribution in [0.3, 0.4) is 0 Å². The van der Waals surface area contributed by atoms with Crippen molar-refractivity contribution in [3.8, 4) is 0 Å². The van der Waals surface area contributed by atoms with Crippen LogP contribution in [-0.4, -0.2) is 26.4 Å². The van der Waals surface area contributed by atoms with E-state index in [9.17, 15) is 13.2 Å². The van der Waals surface area contributed by atoms with Gasteiger partial charge < -0.3 is 15.5 Å². The molecule has 0 radical (unpaired) electrons. The molecule has 108 valence electrons. The van der Waals surface area contributed by atoms with Crippen LogP contribution in [0.5, 0.6) is 0 Å². The molecule has 0 unspecified atom stereocenters. The highest BCUT2D eigenvalue weighted by atomic mass is 32.2. The Kier molecular flexibility index (Phi) is 4.72. The van der Waals surface area contributed by atoms with Crippen molar-refractivity contribution in [3.05, 3.63) is 17.9 Å². The summed E-state index contributed by atoms with van der Waals surface area (Å²) in [7, 11) is -3.95. The molecule has 0 aliphatic heterocycles. The van der Waals surface area contributed by atoms with Gasteiger partial charge in [0.2, 0.25) is 5.09 Å². The molecule has 1 aromatic heterocycles. The van der Waals surface area contributed by atoms with Crippen molar-refractivity contribution in [1.82, 2.24) is 5.32 Å². The van der Waals surface area contributed by atoms with Crippen LogP contribution in [-0.2, 0) is 10.0 Å². The van der Waals surface area contributed by atoms with Gasteiger partial charge in [-0.3, -0.25) is 4.79 Å². The molecule has 1 heterocycles. The molecule has 1 amide bonds. The lowest BCUT2D eigenvalue weighted by molar-refractivity contribution is 0.0861. The van der Waals surface area contributed by atoms with Crippen molar-refractivity contribution >= 4 is 15.9 Å². The minimum absolute atomic E-state index is 0.108. The topological polar surface area (TPSA) is 128 Å². The SMILES string of the molecule is CCC(CC)(CN)NC(=O)c1ccc(S(N)(=O)=O)o1. The summed E-state index contributed by atoms with van der Waals surface area (Å²) in [6, 6.07) is 2.41. The Morgan fingerprint density at radius 2 is 1.95 bits per heavy atom. The van der Waals surface area contributed by atoms with Gasteiger partial charge in [0.15, 0.2) is 5.76 Å². The van der Waals surface area contributed by atoms with Gasteiger partial charge in [-0.15, -0.1) is 0 Å². The van der Waals surface area contributed by atoms with Crippen LogP contribution in [0, 0.1) is 0 Å². The summed E-state index contributed by atoms with van der Waals surface area (Å²) in [6.07, 6.45) is 1.32. The molecule has 19 heavy (non-hydrogen) atoms. The number of sulfonamides is 1. The molecular formula is C11H19N3O4S. The number of hydrogen-bond acceptors (Lipinski definition) is 5. The Bertz CT molecular complexity index is 538. The highest BCUT2D eigenvalue weighted by Gasteiger charge is 2.28. The molecule has 0 atom stereocenters. The summed E-state index contributed by atoms with van der Waals surface area (Å²) in [5, 5.41) is 7.23. The van der Waals surface area contributed by atoms with E-state index in [-0.39, 0.29) is 12.3 Å². The van der Waals surface area contributed by atoms with Crippen molar-refractivity contribution in [3.63, 3.8) is 0 Å². The average molecular weight is 289 g/mol. The lowest BCUT2D eigenvalue weighted by Gasteiger charge is -2.30. The summed E-state index contributed by atoms with van der Waals surface area (Å²) in [6.45, 7) is 4.11. The van der Waals surface area contributed by atoms with E-state index in [2.05, 4.69) is 5.32 Å². The lowest BCUT2D eigenvalue weighted by atomic mass is 9.93. The van der Waals surface area contributed by atoms with Crippen molar-refractivity contribution < 1.29 is 17.6 Å². The van der Waals surface area contributed by atoms with Crippen LogP contribution < -0.4 is 16.2 Å². The average Bonchev–Trinajstić information content (AvgIpc) is 2.85. The number of amides is 1. The van der Waals surface area contributed by atoms with Crippen LogP contribution >= 0.6 is 0 Å². The van der Waals surface area contributed by atoms with Gasteiger partial charge in [0, 0.05) is 6.54 Å². The summed E-state index contributed by atoms with van der Waals surface area (Å²) in [4.78, 5) is 12.0. The summed E-state index contributed by atoms with van der Waals surface area (Å²) in [5.74, 6) is -0.618. The summed E-state index contributed by atoms with van der Waals surface area (Å²) >= 11 is 0. The number of nitrogens with two attached hydrogens (primary N) is 2. The number of nitrogens with one attached hydrogen (secondary N) is 1. The first-order chi connectivity index (χ1) is 8.78. The number of hydrogen-bond donors (Lipinski definition) is 3. The smallest absolute Gasteiger partial charge is 0.287 e. The standard InChI is InChI=1S/C11H19N3O4S/c1-3-11(4-2,7-12)14-10(15)8-5-6-9(18-8)19(13,16)17/h5-6H,3-4,7,12H2,1-2H3,(H,14,15)(H2,13,16,17). The molecule has 0 aromatic carbocycles. The van der Waals surface area contributed by atoms with Crippen LogP contribution in [0.1, 0.15) is 37.2 Å². The van der Waals surface area contributed by atoms with E-state index in [4.69, 9.17) is 15.3 Å². The van der Waals surface area contributed by atoms with Gasteiger partial charge in [-0.25, -0.2) is 13.6 Å². The second-order valence-corrected chi connectivity index (χ2v) is 5.80. The van der Waals surface area contributed by atoms with Crippen molar-refractivity contribution in [1.29, 1.82) is 0 Å². The molecule has 0 bridgehead atoms. The van der Waals surface area contributed by atoms with E-state index in [0.717, 1.165) is 6.07 Å². The van der Waals surface area contributed by atoms with E-state index >= 15 is 0 Å². The van der Waals surface area contributed by atoms with Gasteiger partial charge in [-0.05, 0) is 25.0 Å². The van der Waals surface area contributed by atoms with Crippen molar-refractivity contribution in [2.24, 2.45) is 10.9 Å². The van der Waals surface area contributed by atoms with Crippen LogP contribution in [0.25, 0.3) is 0 Å². The zero-order chi connectivity index (χ0) is 14.7. The lowest BCUT2D eigenvalue weighted by Crippen LogP contribution is -2.52. The zero-order valence-electron chi connectivity index (χ0n) is 11.0. The largest absolute Gasteiger partial charge is 0.438 e. The fourth-order valence-electron chi connectivity index (χ4n) is 1.66. The molecule has 0 spiro atoms. The fraction of sp³-hybridized carbons (Fsp3) is 0.545. The number of rotatable bonds is 6. The molecule has 0 fully saturated rings. The van der Waals surface area contributed by atoms with Crippen molar-refractivity contribution in [2.75, 3.05) is 6.54 Å². The van der Waals surface area contributed by atoms with Crippen LogP contribution in [0.4, 0.5) is 0 Å². The van der Waals surface area contributed by atoms with Gasteiger partial charge in [0.1, 0.15) is 0 Å². The minimum atomic E-state index is -3.95. The van der Waals surface area contributed by atoms with E-state index in [1.165, 1.54) is 6.07 Å². The molecule has 8 heteroatoms. The molecule has 1 aromatic rings. The Balaban J connectivity index is 2.93. The van der Waals surface area contributed by atoms with Crippen LogP contribution in [0.15, 0.2) is 21.6 Å². The van der Waals surface area contributed by atoms with E-state index in [1.807, 2.05) is 13.8 Å². The molecule has 1 rings (SSSR count). The Hall–Kier alpha value is -1.38. The Labute approximate surface area is 112 Å². The second kappa shape index (κ2) is 5.72. The van der Waals surface area contributed by atoms with Gasteiger partial charge in [0.05, 0.1) is 5.54 Å². The number of carbonyl (C=O) groups excluding carboxylic acids is 1. The van der Waals surface area contributed by atoms with Gasteiger partial charge in [-0.2, -0.15) is 0 Å². The number of primary sulfonamides is 1. The molecular weight excluding hydrogens is 270 g/mol. The first-order valence-electron chi connectivity index (χ1n) is 5.93. The van der Waals surface area contributed by atoms with Gasteiger partial charge in [0.25, 0.3) is 15.9 Å². The monoisotopic (exact) mass is 289 g/mol. The van der Waals surface area contributed by atoms with Crippen molar-refractivity contribution in [2.45, 2.75) is 37.3 Å². The van der Waals surface area contributed by atoms with Gasteiger partial charge >= 0.3 is 0 Å². The predicted octanol–water partition coefficient (Wildman–Crippen LogP) is 0.174. The maximum Gasteiger partial charge on any atom is 0.287 e. The maximum atomic E-state index is 12.0. The third kappa shape index (κ3) is 3.55. The molecule has 5 N–H and O–H groups in total. The predicted molar refractivity (Wildman–Crippen MR) is 69.9 cm³/mol. The Morgan fingerprint density at radius 3 is 2.32 bits per heavy atom. The van der Waals surface area contributed by atoms with E-state index < -0.39 is 26.6 Å². The molecule has 0 saturated heterocycles. The molecule has 0 saturated carbocycles. The quantitative estimate of drug-likeness (QED) is 0.687. The molecule has 0 aliphatic carbocycles. The normalized spacial score (nSPS) is 12.4. The minimum Gasteiger partial charge on any atom is -0.438 e. The fourth-order valence-corrected chi connectivity index (χ4v) is 2.13. The third-order valence-corrected chi connectivity index (χ3v) is 3.99. The summed E-state index contributed by atoms with van der Waals surface area (Å²) < 4.78 is 27.0. The van der Waals surface area contributed by atoms with Gasteiger partial charge in [-0.1, -0.05) is 13.8 Å². The van der Waals surface area contributed by atoms with E-state index in [0.29, 0.717) is 12.8 Å². The highest BCUT2D eigenvalue weighted by Crippen LogP contribution is 2.17.